The Morgan fingerprint density at radius 2 is 1.97 bits per heavy atom. The van der Waals surface area contributed by atoms with Crippen LogP contribution < -0.4 is 10.2 Å². The number of benzene rings is 3. The Morgan fingerprint density at radius 3 is 2.73 bits per heavy atom. The van der Waals surface area contributed by atoms with Crippen molar-refractivity contribution >= 4 is 22.5 Å². The number of imidazole rings is 1. The number of carbonyl (C=O) groups is 1. The summed E-state index contributed by atoms with van der Waals surface area (Å²) < 4.78 is 1.72. The predicted octanol–water partition coefficient (Wildman–Crippen LogP) is 4.48. The molecule has 1 aliphatic rings. The maximum absolute atomic E-state index is 12.7. The van der Waals surface area contributed by atoms with Gasteiger partial charge in [-0.05, 0) is 49.1 Å². The minimum atomic E-state index is -0.496. The number of anilines is 1. The molecule has 1 unspecified atom stereocenters. The zero-order chi connectivity index (χ0) is 23.1. The van der Waals surface area contributed by atoms with E-state index in [2.05, 4.69) is 25.2 Å². The van der Waals surface area contributed by atoms with E-state index >= 15 is 0 Å². The van der Waals surface area contributed by atoms with E-state index in [-0.39, 0.29) is 5.78 Å². The van der Waals surface area contributed by atoms with Crippen LogP contribution in [0.25, 0.3) is 22.4 Å². The van der Waals surface area contributed by atoms with Gasteiger partial charge in [0.2, 0.25) is 0 Å². The van der Waals surface area contributed by atoms with Crippen LogP contribution in [0, 0.1) is 13.8 Å². The number of carbonyl (C=O) groups excluding carboxylic acids is 1. The molecule has 0 amide bonds. The van der Waals surface area contributed by atoms with Gasteiger partial charge in [-0.15, -0.1) is 0 Å². The number of rotatable bonds is 5. The number of ketones is 1. The minimum Gasteiger partial charge on any atom is -0.407 e. The molecular weight excluding hydrogens is 414 g/mol. The third kappa shape index (κ3) is 3.76. The third-order valence-corrected chi connectivity index (χ3v) is 6.37. The third-order valence-electron chi connectivity index (χ3n) is 6.37. The van der Waals surface area contributed by atoms with Crippen LogP contribution in [-0.2, 0) is 13.0 Å². The van der Waals surface area contributed by atoms with Gasteiger partial charge < -0.3 is 15.3 Å². The molecule has 33 heavy (non-hydrogen) atoms. The maximum atomic E-state index is 12.7. The van der Waals surface area contributed by atoms with Gasteiger partial charge in [0.15, 0.2) is 11.6 Å². The Balaban J connectivity index is 1.78. The van der Waals surface area contributed by atoms with E-state index in [0.717, 1.165) is 33.5 Å². The standard InChI is InChI=1S/C27H27N3O3/c1-16-8-7-11-22(17(16)2)27-29-25-24-20(12-21(32)14-28-24)13-23(18(3)31)26(25)30(27)33-15-19-9-5-4-6-10-19/h4-11,13,21,28,32H,12,14-15H2,1-3H3. The van der Waals surface area contributed by atoms with Crippen LogP contribution in [-0.4, -0.2) is 33.3 Å². The lowest BCUT2D eigenvalue weighted by Gasteiger charge is -2.23. The van der Waals surface area contributed by atoms with Crippen LogP contribution in [0.15, 0.2) is 54.6 Å². The molecule has 6 heteroatoms. The van der Waals surface area contributed by atoms with Gasteiger partial charge in [-0.1, -0.05) is 48.5 Å². The highest BCUT2D eigenvalue weighted by Gasteiger charge is 2.27. The average molecular weight is 442 g/mol. The molecule has 1 atom stereocenters. The molecule has 0 aliphatic carbocycles. The maximum Gasteiger partial charge on any atom is 0.177 e. The summed E-state index contributed by atoms with van der Waals surface area (Å²) in [4.78, 5) is 24.1. The SMILES string of the molecule is CC(=O)c1cc2c(c3nc(-c4cccc(C)c4C)n(OCc4ccccc4)c13)NCC(O)C2. The number of hydrogen-bond acceptors (Lipinski definition) is 5. The highest BCUT2D eigenvalue weighted by atomic mass is 16.7. The van der Waals surface area contributed by atoms with Gasteiger partial charge in [-0.3, -0.25) is 4.79 Å². The van der Waals surface area contributed by atoms with Crippen LogP contribution in [0.5, 0.6) is 0 Å². The number of Topliss-reactive ketones (excluding diaryl/α,β-unsaturated/α-hetero) is 1. The zero-order valence-electron chi connectivity index (χ0n) is 19.1. The van der Waals surface area contributed by atoms with Crippen molar-refractivity contribution in [3.63, 3.8) is 0 Å². The van der Waals surface area contributed by atoms with Crippen LogP contribution >= 0.6 is 0 Å². The summed E-state index contributed by atoms with van der Waals surface area (Å²) in [6.45, 7) is 6.48. The number of fused-ring (bicyclic) bond motifs is 3. The first kappa shape index (κ1) is 21.2. The number of aromatic nitrogens is 2. The number of hydrogen-bond donors (Lipinski definition) is 2. The largest absolute Gasteiger partial charge is 0.407 e. The summed E-state index contributed by atoms with van der Waals surface area (Å²) in [6.07, 6.45) is -0.0144. The van der Waals surface area contributed by atoms with E-state index in [4.69, 9.17) is 9.82 Å². The molecule has 0 radical (unpaired) electrons. The van der Waals surface area contributed by atoms with Crippen LogP contribution in [0.1, 0.15) is 39.5 Å². The molecule has 2 N–H and O–H groups in total. The molecule has 3 aromatic carbocycles. The number of aryl methyl sites for hydroxylation is 1. The van der Waals surface area contributed by atoms with Crippen molar-refractivity contribution in [2.24, 2.45) is 0 Å². The molecule has 0 saturated carbocycles. The smallest absolute Gasteiger partial charge is 0.177 e. The second-order valence-electron chi connectivity index (χ2n) is 8.69. The van der Waals surface area contributed by atoms with Crippen molar-refractivity contribution < 1.29 is 14.7 Å². The first-order chi connectivity index (χ1) is 15.9. The first-order valence-corrected chi connectivity index (χ1v) is 11.2. The summed E-state index contributed by atoms with van der Waals surface area (Å²) in [7, 11) is 0. The molecule has 4 aromatic rings. The van der Waals surface area contributed by atoms with Crippen molar-refractivity contribution in [2.45, 2.75) is 39.9 Å². The van der Waals surface area contributed by atoms with Crippen LogP contribution in [0.4, 0.5) is 5.69 Å². The van der Waals surface area contributed by atoms with Crippen molar-refractivity contribution in [3.8, 4) is 11.4 Å². The molecule has 0 bridgehead atoms. The second-order valence-corrected chi connectivity index (χ2v) is 8.69. The van der Waals surface area contributed by atoms with E-state index in [0.29, 0.717) is 42.0 Å². The average Bonchev–Trinajstić information content (AvgIpc) is 3.18. The van der Waals surface area contributed by atoms with Crippen molar-refractivity contribution in [3.05, 3.63) is 82.4 Å². The Labute approximate surface area is 192 Å². The van der Waals surface area contributed by atoms with Gasteiger partial charge in [0.05, 0.1) is 11.8 Å². The monoisotopic (exact) mass is 441 g/mol. The van der Waals surface area contributed by atoms with E-state index in [9.17, 15) is 9.90 Å². The zero-order valence-corrected chi connectivity index (χ0v) is 19.1. The molecule has 5 rings (SSSR count). The molecular formula is C27H27N3O3. The number of aliphatic hydroxyl groups excluding tert-OH is 1. The fourth-order valence-electron chi connectivity index (χ4n) is 4.46. The summed E-state index contributed by atoms with van der Waals surface area (Å²) >= 11 is 0. The fourth-order valence-corrected chi connectivity index (χ4v) is 4.46. The lowest BCUT2D eigenvalue weighted by molar-refractivity contribution is 0.0997. The van der Waals surface area contributed by atoms with Gasteiger partial charge in [0.1, 0.15) is 17.6 Å². The Hall–Kier alpha value is -3.64. The van der Waals surface area contributed by atoms with Gasteiger partial charge in [0.25, 0.3) is 0 Å². The topological polar surface area (TPSA) is 76.4 Å². The summed E-state index contributed by atoms with van der Waals surface area (Å²) in [6, 6.07) is 17.9. The van der Waals surface area contributed by atoms with Crippen molar-refractivity contribution in [1.29, 1.82) is 0 Å². The normalized spacial score (nSPS) is 15.2. The summed E-state index contributed by atoms with van der Waals surface area (Å²) in [5.41, 5.74) is 7.87. The highest BCUT2D eigenvalue weighted by molar-refractivity contribution is 6.09. The number of aliphatic hydroxyl groups is 1. The van der Waals surface area contributed by atoms with Gasteiger partial charge in [0, 0.05) is 24.1 Å². The van der Waals surface area contributed by atoms with Gasteiger partial charge in [-0.25, -0.2) is 4.98 Å². The molecule has 0 fully saturated rings. The van der Waals surface area contributed by atoms with Gasteiger partial charge >= 0.3 is 0 Å². The quantitative estimate of drug-likeness (QED) is 0.447. The number of nitrogens with zero attached hydrogens (tertiary/aromatic N) is 2. The van der Waals surface area contributed by atoms with E-state index < -0.39 is 6.10 Å². The predicted molar refractivity (Wildman–Crippen MR) is 130 cm³/mol. The second kappa shape index (κ2) is 8.37. The minimum absolute atomic E-state index is 0.0696. The van der Waals surface area contributed by atoms with E-state index in [1.54, 1.807) is 11.7 Å². The Morgan fingerprint density at radius 1 is 1.18 bits per heavy atom. The van der Waals surface area contributed by atoms with Crippen molar-refractivity contribution in [1.82, 2.24) is 9.71 Å². The Kier molecular flexibility index (Phi) is 5.38. The lowest BCUT2D eigenvalue weighted by atomic mass is 9.96. The molecule has 0 saturated heterocycles. The number of β-amino-alcohol motifs (C(OH)–C–C–N with tert-alkyl or cyclic N) is 1. The molecule has 6 nitrogen and oxygen atoms in total. The van der Waals surface area contributed by atoms with E-state index in [1.165, 1.54) is 0 Å². The molecule has 1 aliphatic heterocycles. The Bertz CT molecular complexity index is 1360. The highest BCUT2D eigenvalue weighted by Crippen LogP contribution is 2.37. The molecule has 0 spiro atoms. The van der Waals surface area contributed by atoms with E-state index in [1.807, 2.05) is 48.5 Å². The van der Waals surface area contributed by atoms with Crippen LogP contribution in [0.3, 0.4) is 0 Å². The lowest BCUT2D eigenvalue weighted by Crippen LogP contribution is -2.28. The van der Waals surface area contributed by atoms with Crippen LogP contribution in [0.2, 0.25) is 0 Å². The molecule has 1 aromatic heterocycles. The summed E-state index contributed by atoms with van der Waals surface area (Å²) in [5.74, 6) is 0.589. The first-order valence-electron chi connectivity index (χ1n) is 11.2. The summed E-state index contributed by atoms with van der Waals surface area (Å²) in [5, 5.41) is 13.5. The molecule has 168 valence electrons. The molecule has 2 heterocycles. The van der Waals surface area contributed by atoms with Gasteiger partial charge in [-0.2, -0.15) is 4.73 Å². The van der Waals surface area contributed by atoms with Crippen molar-refractivity contribution in [2.75, 3.05) is 11.9 Å². The number of nitrogens with one attached hydrogen (secondary N) is 1. The fraction of sp³-hybridized carbons (Fsp3) is 0.259.